The molecule has 2 rings (SSSR count). The highest BCUT2D eigenvalue weighted by Crippen LogP contribution is 2.23. The summed E-state index contributed by atoms with van der Waals surface area (Å²) >= 11 is 11.8. The van der Waals surface area contributed by atoms with E-state index in [-0.39, 0.29) is 18.5 Å². The molecule has 126 valence electrons. The number of anilines is 1. The molecule has 0 aromatic heterocycles. The molecule has 1 aliphatic heterocycles. The molecule has 2 amide bonds. The number of hydrogen-bond acceptors (Lipinski definition) is 4. The molecule has 0 saturated carbocycles. The Bertz CT molecular complexity index is 577. The largest absolute Gasteiger partial charge is 0.465 e. The second kappa shape index (κ2) is 7.86. The third-order valence-electron chi connectivity index (χ3n) is 3.90. The summed E-state index contributed by atoms with van der Waals surface area (Å²) in [7, 11) is 0. The molecule has 1 saturated heterocycles. The number of halogens is 2. The van der Waals surface area contributed by atoms with Gasteiger partial charge in [-0.2, -0.15) is 0 Å². The average molecular weight is 360 g/mol. The van der Waals surface area contributed by atoms with Crippen LogP contribution in [0.3, 0.4) is 0 Å². The number of carbonyl (C=O) groups is 2. The first-order valence-electron chi connectivity index (χ1n) is 7.34. The van der Waals surface area contributed by atoms with Crippen molar-refractivity contribution >= 4 is 40.9 Å². The number of hydrogen-bond donors (Lipinski definition) is 3. The van der Waals surface area contributed by atoms with E-state index in [4.69, 9.17) is 23.2 Å². The minimum Gasteiger partial charge on any atom is -0.465 e. The lowest BCUT2D eigenvalue weighted by Gasteiger charge is -2.36. The molecule has 6 nitrogen and oxygen atoms in total. The first kappa shape index (κ1) is 17.8. The lowest BCUT2D eigenvalue weighted by Crippen LogP contribution is -2.55. The highest BCUT2D eigenvalue weighted by Gasteiger charge is 2.34. The van der Waals surface area contributed by atoms with Gasteiger partial charge in [0.1, 0.15) is 0 Å². The molecule has 3 N–H and O–H groups in total. The van der Waals surface area contributed by atoms with Crippen LogP contribution in [0.25, 0.3) is 0 Å². The molecule has 0 aliphatic carbocycles. The topological polar surface area (TPSA) is 81.7 Å². The van der Waals surface area contributed by atoms with Gasteiger partial charge >= 0.3 is 6.09 Å². The van der Waals surface area contributed by atoms with Gasteiger partial charge < -0.3 is 15.7 Å². The van der Waals surface area contributed by atoms with Crippen LogP contribution >= 0.6 is 23.2 Å². The van der Waals surface area contributed by atoms with Crippen molar-refractivity contribution in [2.75, 3.05) is 25.0 Å². The normalized spacial score (nSPS) is 20.8. The van der Waals surface area contributed by atoms with Gasteiger partial charge in [0.15, 0.2) is 0 Å². The number of nitrogens with one attached hydrogen (secondary N) is 2. The van der Waals surface area contributed by atoms with E-state index in [1.807, 2.05) is 6.92 Å². The Labute approximate surface area is 144 Å². The number of benzene rings is 1. The number of nitrogens with zero attached hydrogens (tertiary/aromatic N) is 1. The number of carboxylic acid groups (broad SMARTS) is 1. The molecule has 1 aromatic rings. The molecule has 1 aromatic carbocycles. The molecule has 1 fully saturated rings. The van der Waals surface area contributed by atoms with Crippen LogP contribution in [0.15, 0.2) is 18.2 Å². The Morgan fingerprint density at radius 2 is 2.00 bits per heavy atom. The lowest BCUT2D eigenvalue weighted by molar-refractivity contribution is -0.130. The van der Waals surface area contributed by atoms with Crippen LogP contribution in [0.4, 0.5) is 10.5 Å². The van der Waals surface area contributed by atoms with Gasteiger partial charge in [-0.15, -0.1) is 0 Å². The van der Waals surface area contributed by atoms with Crippen molar-refractivity contribution in [3.63, 3.8) is 0 Å². The Balaban J connectivity index is 2.05. The van der Waals surface area contributed by atoms with Gasteiger partial charge in [0.2, 0.25) is 0 Å². The maximum atomic E-state index is 12.4. The van der Waals surface area contributed by atoms with Crippen LogP contribution in [-0.4, -0.2) is 47.7 Å². The van der Waals surface area contributed by atoms with Gasteiger partial charge in [0, 0.05) is 22.3 Å². The molecule has 23 heavy (non-hydrogen) atoms. The summed E-state index contributed by atoms with van der Waals surface area (Å²) in [5.74, 6) is -0.383. The zero-order valence-corrected chi connectivity index (χ0v) is 14.2. The first-order chi connectivity index (χ1) is 10.9. The average Bonchev–Trinajstić information content (AvgIpc) is 2.46. The van der Waals surface area contributed by atoms with Gasteiger partial charge in [-0.05, 0) is 37.1 Å². The third kappa shape index (κ3) is 4.73. The monoisotopic (exact) mass is 359 g/mol. The molecule has 1 heterocycles. The van der Waals surface area contributed by atoms with Gasteiger partial charge in [-0.1, -0.05) is 30.1 Å². The summed E-state index contributed by atoms with van der Waals surface area (Å²) in [5.41, 5.74) is 0.566. The highest BCUT2D eigenvalue weighted by molar-refractivity contribution is 6.35. The maximum absolute atomic E-state index is 12.4. The molecule has 8 heteroatoms. The number of piperidine rings is 1. The van der Waals surface area contributed by atoms with Crippen LogP contribution in [0.2, 0.25) is 10.0 Å². The zero-order valence-electron chi connectivity index (χ0n) is 12.7. The van der Waals surface area contributed by atoms with Crippen molar-refractivity contribution in [1.29, 1.82) is 0 Å². The SMILES string of the molecule is CC1CCNCC1N(C(=O)O)C(=O)CNc1cc(Cl)cc(Cl)c1. The van der Waals surface area contributed by atoms with E-state index in [0.29, 0.717) is 22.3 Å². The van der Waals surface area contributed by atoms with Crippen molar-refractivity contribution < 1.29 is 14.7 Å². The second-order valence-electron chi connectivity index (χ2n) is 5.60. The summed E-state index contributed by atoms with van der Waals surface area (Å²) in [6.07, 6.45) is -0.402. The second-order valence-corrected chi connectivity index (χ2v) is 6.47. The summed E-state index contributed by atoms with van der Waals surface area (Å²) in [6, 6.07) is 4.46. The fraction of sp³-hybridized carbons (Fsp3) is 0.467. The molecule has 2 atom stereocenters. The van der Waals surface area contributed by atoms with E-state index in [0.717, 1.165) is 17.9 Å². The Morgan fingerprint density at radius 1 is 1.35 bits per heavy atom. The predicted molar refractivity (Wildman–Crippen MR) is 90.3 cm³/mol. The first-order valence-corrected chi connectivity index (χ1v) is 8.09. The van der Waals surface area contributed by atoms with Gasteiger partial charge in [-0.25, -0.2) is 9.69 Å². The minimum atomic E-state index is -1.23. The maximum Gasteiger partial charge on any atom is 0.414 e. The van der Waals surface area contributed by atoms with Crippen LogP contribution in [0.1, 0.15) is 13.3 Å². The fourth-order valence-electron chi connectivity index (χ4n) is 2.67. The summed E-state index contributed by atoms with van der Waals surface area (Å²) in [5, 5.41) is 16.3. The lowest BCUT2D eigenvalue weighted by atomic mass is 9.93. The standard InChI is InChI=1S/C15H19Cl2N3O3/c1-9-2-3-18-7-13(9)20(15(22)23)14(21)8-19-12-5-10(16)4-11(17)6-12/h4-6,9,13,18-19H,2-3,7-8H2,1H3,(H,22,23). The molecular formula is C15H19Cl2N3O3. The molecule has 1 aliphatic rings. The molecule has 0 bridgehead atoms. The van der Waals surface area contributed by atoms with Gasteiger partial charge in [0.05, 0.1) is 12.6 Å². The summed E-state index contributed by atoms with van der Waals surface area (Å²) in [4.78, 5) is 24.8. The van der Waals surface area contributed by atoms with E-state index in [1.54, 1.807) is 18.2 Å². The van der Waals surface area contributed by atoms with Crippen molar-refractivity contribution in [3.05, 3.63) is 28.2 Å². The van der Waals surface area contributed by atoms with Crippen LogP contribution < -0.4 is 10.6 Å². The van der Waals surface area contributed by atoms with Crippen LogP contribution in [-0.2, 0) is 4.79 Å². The quantitative estimate of drug-likeness (QED) is 0.769. The Morgan fingerprint density at radius 3 is 2.57 bits per heavy atom. The molecule has 0 spiro atoms. The van der Waals surface area contributed by atoms with E-state index in [9.17, 15) is 14.7 Å². The van der Waals surface area contributed by atoms with Crippen LogP contribution in [0, 0.1) is 5.92 Å². The Kier molecular flexibility index (Phi) is 6.10. The van der Waals surface area contributed by atoms with Crippen molar-refractivity contribution in [2.24, 2.45) is 5.92 Å². The zero-order chi connectivity index (χ0) is 17.0. The smallest absolute Gasteiger partial charge is 0.414 e. The van der Waals surface area contributed by atoms with E-state index in [1.165, 1.54) is 0 Å². The molecular weight excluding hydrogens is 341 g/mol. The Hall–Kier alpha value is -1.50. The van der Waals surface area contributed by atoms with E-state index >= 15 is 0 Å². The van der Waals surface area contributed by atoms with Crippen molar-refractivity contribution in [2.45, 2.75) is 19.4 Å². The number of imide groups is 1. The highest BCUT2D eigenvalue weighted by atomic mass is 35.5. The summed E-state index contributed by atoms with van der Waals surface area (Å²) in [6.45, 7) is 3.12. The third-order valence-corrected chi connectivity index (χ3v) is 4.34. The molecule has 0 radical (unpaired) electrons. The number of carbonyl (C=O) groups excluding carboxylic acids is 1. The fourth-order valence-corrected chi connectivity index (χ4v) is 3.20. The predicted octanol–water partition coefficient (Wildman–Crippen LogP) is 2.91. The summed E-state index contributed by atoms with van der Waals surface area (Å²) < 4.78 is 0. The van der Waals surface area contributed by atoms with E-state index < -0.39 is 12.0 Å². The van der Waals surface area contributed by atoms with Gasteiger partial charge in [-0.3, -0.25) is 4.79 Å². The van der Waals surface area contributed by atoms with E-state index in [2.05, 4.69) is 10.6 Å². The molecule has 2 unspecified atom stereocenters. The van der Waals surface area contributed by atoms with Crippen molar-refractivity contribution in [3.8, 4) is 0 Å². The van der Waals surface area contributed by atoms with Gasteiger partial charge in [0.25, 0.3) is 5.91 Å². The minimum absolute atomic E-state index is 0.122. The number of amides is 2. The van der Waals surface area contributed by atoms with Crippen molar-refractivity contribution in [1.82, 2.24) is 10.2 Å². The van der Waals surface area contributed by atoms with Crippen LogP contribution in [0.5, 0.6) is 0 Å². The number of rotatable bonds is 4.